The van der Waals surface area contributed by atoms with E-state index < -0.39 is 0 Å². The number of pyridine rings is 1. The first-order chi connectivity index (χ1) is 8.79. The second-order valence-corrected chi connectivity index (χ2v) is 6.35. The van der Waals surface area contributed by atoms with Gasteiger partial charge in [-0.1, -0.05) is 0 Å². The molecule has 2 aliphatic rings. The van der Waals surface area contributed by atoms with E-state index in [0.29, 0.717) is 6.04 Å². The van der Waals surface area contributed by atoms with Crippen LogP contribution in [0.5, 0.6) is 0 Å². The third-order valence-corrected chi connectivity index (χ3v) is 4.32. The zero-order chi connectivity index (χ0) is 12.1. The van der Waals surface area contributed by atoms with Gasteiger partial charge in [-0.05, 0) is 65.6 Å². The summed E-state index contributed by atoms with van der Waals surface area (Å²) >= 11 is 3.45. The number of nitrogens with zero attached hydrogens (tertiary/aromatic N) is 3. The van der Waals surface area contributed by atoms with Crippen molar-refractivity contribution in [2.75, 3.05) is 5.32 Å². The molecule has 1 N–H and O–H groups in total. The first-order valence-corrected chi connectivity index (χ1v) is 7.37. The van der Waals surface area contributed by atoms with Crippen molar-refractivity contribution in [3.8, 4) is 0 Å². The van der Waals surface area contributed by atoms with Crippen molar-refractivity contribution in [2.24, 2.45) is 11.8 Å². The molecule has 2 saturated carbocycles. The van der Waals surface area contributed by atoms with Gasteiger partial charge in [0.25, 0.3) is 0 Å². The average molecular weight is 307 g/mol. The Labute approximate surface area is 114 Å². The molecule has 18 heavy (non-hydrogen) atoms. The molecular formula is C13H15BrN4. The van der Waals surface area contributed by atoms with Gasteiger partial charge in [0, 0.05) is 16.7 Å². The highest BCUT2D eigenvalue weighted by molar-refractivity contribution is 9.10. The quantitative estimate of drug-likeness (QED) is 0.944. The summed E-state index contributed by atoms with van der Waals surface area (Å²) in [5.74, 6) is 2.49. The van der Waals surface area contributed by atoms with E-state index in [2.05, 4.69) is 31.3 Å². The van der Waals surface area contributed by atoms with Gasteiger partial charge >= 0.3 is 0 Å². The lowest BCUT2D eigenvalue weighted by Crippen LogP contribution is -2.24. The van der Waals surface area contributed by atoms with Crippen LogP contribution in [0.4, 0.5) is 5.95 Å². The van der Waals surface area contributed by atoms with Crippen LogP contribution in [0.15, 0.2) is 22.8 Å². The van der Waals surface area contributed by atoms with Gasteiger partial charge in [-0.25, -0.2) is 4.52 Å². The van der Waals surface area contributed by atoms with E-state index in [1.54, 1.807) is 0 Å². The maximum absolute atomic E-state index is 4.53. The monoisotopic (exact) mass is 306 g/mol. The molecular weight excluding hydrogens is 292 g/mol. The van der Waals surface area contributed by atoms with E-state index in [9.17, 15) is 0 Å². The summed E-state index contributed by atoms with van der Waals surface area (Å²) in [7, 11) is 0. The fraction of sp³-hybridized carbons (Fsp3) is 0.538. The van der Waals surface area contributed by atoms with Crippen LogP contribution in [0.2, 0.25) is 0 Å². The van der Waals surface area contributed by atoms with Crippen LogP contribution in [-0.4, -0.2) is 20.6 Å². The lowest BCUT2D eigenvalue weighted by Gasteiger charge is -2.15. The molecule has 5 heteroatoms. The van der Waals surface area contributed by atoms with Gasteiger partial charge in [0.1, 0.15) is 0 Å². The summed E-state index contributed by atoms with van der Waals surface area (Å²) in [5.41, 5.74) is 0.894. The zero-order valence-corrected chi connectivity index (χ0v) is 11.6. The van der Waals surface area contributed by atoms with Crippen molar-refractivity contribution in [2.45, 2.75) is 31.7 Å². The first kappa shape index (κ1) is 10.8. The third kappa shape index (κ3) is 2.00. The number of hydrogen-bond acceptors (Lipinski definition) is 3. The molecule has 4 nitrogen and oxygen atoms in total. The molecule has 2 heterocycles. The van der Waals surface area contributed by atoms with Crippen LogP contribution in [0.1, 0.15) is 25.7 Å². The van der Waals surface area contributed by atoms with Crippen LogP contribution >= 0.6 is 15.9 Å². The molecule has 0 saturated heterocycles. The van der Waals surface area contributed by atoms with Crippen LogP contribution < -0.4 is 5.32 Å². The van der Waals surface area contributed by atoms with E-state index in [4.69, 9.17) is 0 Å². The maximum atomic E-state index is 4.53. The fourth-order valence-electron chi connectivity index (χ4n) is 2.60. The SMILES string of the molecule is Brc1ccc2nc(NC(C3CC3)C3CC3)nn2c1. The molecule has 4 rings (SSSR count). The van der Waals surface area contributed by atoms with Crippen LogP contribution in [0.3, 0.4) is 0 Å². The molecule has 0 radical (unpaired) electrons. The molecule has 0 amide bonds. The van der Waals surface area contributed by atoms with Crippen LogP contribution in [-0.2, 0) is 0 Å². The smallest absolute Gasteiger partial charge is 0.243 e. The Hall–Kier alpha value is -1.10. The summed E-state index contributed by atoms with van der Waals surface area (Å²) in [4.78, 5) is 4.53. The van der Waals surface area contributed by atoms with Crippen LogP contribution in [0.25, 0.3) is 5.65 Å². The number of aromatic nitrogens is 3. The van der Waals surface area contributed by atoms with Gasteiger partial charge in [0.05, 0.1) is 0 Å². The number of fused-ring (bicyclic) bond motifs is 1. The molecule has 2 fully saturated rings. The van der Waals surface area contributed by atoms with Crippen molar-refractivity contribution in [3.63, 3.8) is 0 Å². The van der Waals surface area contributed by atoms with Gasteiger partial charge in [-0.3, -0.25) is 0 Å². The Bertz CT molecular complexity index is 574. The predicted octanol–water partition coefficient (Wildman–Crippen LogP) is 3.09. The Balaban J connectivity index is 1.61. The summed E-state index contributed by atoms with van der Waals surface area (Å²) < 4.78 is 2.84. The largest absolute Gasteiger partial charge is 0.350 e. The molecule has 2 aromatic heterocycles. The van der Waals surface area contributed by atoms with E-state index in [1.165, 1.54) is 25.7 Å². The van der Waals surface area contributed by atoms with Crippen molar-refractivity contribution >= 4 is 27.5 Å². The summed E-state index contributed by atoms with van der Waals surface area (Å²) in [6.45, 7) is 0. The summed E-state index contributed by atoms with van der Waals surface area (Å²) in [6, 6.07) is 4.57. The third-order valence-electron chi connectivity index (χ3n) is 3.85. The fourth-order valence-corrected chi connectivity index (χ4v) is 2.93. The van der Waals surface area contributed by atoms with Crippen molar-refractivity contribution in [3.05, 3.63) is 22.8 Å². The van der Waals surface area contributed by atoms with Gasteiger partial charge in [-0.15, -0.1) is 5.10 Å². The Morgan fingerprint density at radius 3 is 2.61 bits per heavy atom. The molecule has 0 bridgehead atoms. The van der Waals surface area contributed by atoms with Crippen molar-refractivity contribution < 1.29 is 0 Å². The highest BCUT2D eigenvalue weighted by atomic mass is 79.9. The van der Waals surface area contributed by atoms with Gasteiger partial charge < -0.3 is 5.32 Å². The highest BCUT2D eigenvalue weighted by Crippen LogP contribution is 2.45. The lowest BCUT2D eigenvalue weighted by atomic mass is 10.1. The zero-order valence-electron chi connectivity index (χ0n) is 10.0. The Kier molecular flexibility index (Phi) is 2.37. The minimum atomic E-state index is 0.603. The second-order valence-electron chi connectivity index (χ2n) is 5.43. The molecule has 0 unspecified atom stereocenters. The first-order valence-electron chi connectivity index (χ1n) is 6.58. The van der Waals surface area contributed by atoms with Crippen molar-refractivity contribution in [1.29, 1.82) is 0 Å². The van der Waals surface area contributed by atoms with E-state index in [1.807, 2.05) is 22.8 Å². The second kappa shape index (κ2) is 3.95. The van der Waals surface area contributed by atoms with E-state index in [-0.39, 0.29) is 0 Å². The number of hydrogen-bond donors (Lipinski definition) is 1. The minimum Gasteiger partial charge on any atom is -0.350 e. The molecule has 94 valence electrons. The molecule has 0 spiro atoms. The maximum Gasteiger partial charge on any atom is 0.243 e. The number of halogens is 1. The number of rotatable bonds is 4. The Morgan fingerprint density at radius 1 is 1.22 bits per heavy atom. The van der Waals surface area contributed by atoms with E-state index >= 15 is 0 Å². The molecule has 0 aromatic carbocycles. The highest BCUT2D eigenvalue weighted by Gasteiger charge is 2.41. The normalized spacial score (nSPS) is 19.7. The molecule has 0 aliphatic heterocycles. The lowest BCUT2D eigenvalue weighted by molar-refractivity contribution is 0.563. The average Bonchev–Trinajstić information content (AvgIpc) is 3.23. The van der Waals surface area contributed by atoms with E-state index in [0.717, 1.165) is 27.9 Å². The standard InChI is InChI=1S/C13H15BrN4/c14-10-5-6-11-15-13(17-18(11)7-10)16-12(8-1-2-8)9-3-4-9/h5-9,12H,1-4H2,(H,16,17). The van der Waals surface area contributed by atoms with Gasteiger partial charge in [0.2, 0.25) is 5.95 Å². The number of anilines is 1. The summed E-state index contributed by atoms with van der Waals surface area (Å²) in [6.07, 6.45) is 7.41. The topological polar surface area (TPSA) is 42.2 Å². The van der Waals surface area contributed by atoms with Crippen LogP contribution in [0, 0.1) is 11.8 Å². The minimum absolute atomic E-state index is 0.603. The Morgan fingerprint density at radius 2 is 1.94 bits per heavy atom. The molecule has 2 aromatic rings. The summed E-state index contributed by atoms with van der Waals surface area (Å²) in [5, 5.41) is 8.05. The molecule has 0 atom stereocenters. The van der Waals surface area contributed by atoms with Gasteiger partial charge in [-0.2, -0.15) is 4.98 Å². The van der Waals surface area contributed by atoms with Crippen molar-refractivity contribution in [1.82, 2.24) is 14.6 Å². The molecule has 2 aliphatic carbocycles. The number of nitrogens with one attached hydrogen (secondary N) is 1. The predicted molar refractivity (Wildman–Crippen MR) is 73.5 cm³/mol. The van der Waals surface area contributed by atoms with Gasteiger partial charge in [0.15, 0.2) is 5.65 Å².